The first-order valence-electron chi connectivity index (χ1n) is 9.71. The van der Waals surface area contributed by atoms with Crippen LogP contribution in [0.15, 0.2) is 18.6 Å². The van der Waals surface area contributed by atoms with Crippen LogP contribution in [0.4, 0.5) is 5.69 Å². The van der Waals surface area contributed by atoms with Gasteiger partial charge in [0, 0.05) is 38.6 Å². The van der Waals surface area contributed by atoms with Gasteiger partial charge in [-0.25, -0.2) is 9.78 Å². The van der Waals surface area contributed by atoms with Gasteiger partial charge < -0.3 is 14.4 Å². The van der Waals surface area contributed by atoms with E-state index in [1.54, 1.807) is 22.5 Å². The Bertz CT molecular complexity index is 1070. The number of fused-ring (bicyclic) bond motifs is 1. The minimum absolute atomic E-state index is 0.304. The first-order chi connectivity index (χ1) is 13.8. The van der Waals surface area contributed by atoms with E-state index in [0.717, 1.165) is 28.0 Å². The van der Waals surface area contributed by atoms with Crippen molar-refractivity contribution < 1.29 is 14.3 Å². The minimum atomic E-state index is -0.551. The molecule has 29 heavy (non-hydrogen) atoms. The Balaban J connectivity index is 1.85. The van der Waals surface area contributed by atoms with Gasteiger partial charge in [-0.15, -0.1) is 0 Å². The number of hydrogen-bond donors (Lipinski definition) is 0. The maximum Gasteiger partial charge on any atom is 0.341 e. The fourth-order valence-electron chi connectivity index (χ4n) is 4.01. The Labute approximate surface area is 169 Å². The number of ether oxygens (including phenoxy) is 2. The van der Waals surface area contributed by atoms with Gasteiger partial charge in [-0.2, -0.15) is 10.2 Å². The first-order valence-corrected chi connectivity index (χ1v) is 9.71. The number of pyridine rings is 1. The number of carbonyl (C=O) groups excluding carboxylic acids is 1. The monoisotopic (exact) mass is 398 g/mol. The van der Waals surface area contributed by atoms with Crippen LogP contribution in [0.2, 0.25) is 0 Å². The minimum Gasteiger partial charge on any atom is -0.462 e. The molecule has 3 aromatic heterocycles. The third kappa shape index (κ3) is 3.25. The van der Waals surface area contributed by atoms with E-state index >= 15 is 0 Å². The first kappa shape index (κ1) is 19.4. The van der Waals surface area contributed by atoms with Crippen molar-refractivity contribution in [1.82, 2.24) is 24.5 Å². The Kier molecular flexibility index (Phi) is 4.77. The Morgan fingerprint density at radius 3 is 2.83 bits per heavy atom. The van der Waals surface area contributed by atoms with Crippen molar-refractivity contribution in [3.05, 3.63) is 35.4 Å². The number of nitrogens with zero attached hydrogens (tertiary/aromatic N) is 6. The van der Waals surface area contributed by atoms with Crippen LogP contribution in [0.1, 0.15) is 35.5 Å². The van der Waals surface area contributed by atoms with E-state index in [9.17, 15) is 4.79 Å². The van der Waals surface area contributed by atoms with Crippen molar-refractivity contribution in [3.63, 3.8) is 0 Å². The number of carbonyl (C=O) groups is 1. The Morgan fingerprint density at radius 1 is 1.34 bits per heavy atom. The Hall–Kier alpha value is -2.94. The lowest BCUT2D eigenvalue weighted by Crippen LogP contribution is -2.48. The van der Waals surface area contributed by atoms with Crippen molar-refractivity contribution in [2.24, 2.45) is 14.1 Å². The Morgan fingerprint density at radius 2 is 2.14 bits per heavy atom. The molecule has 1 atom stereocenters. The van der Waals surface area contributed by atoms with Crippen molar-refractivity contribution in [3.8, 4) is 0 Å². The van der Waals surface area contributed by atoms with Gasteiger partial charge in [-0.1, -0.05) is 0 Å². The number of esters is 1. The van der Waals surface area contributed by atoms with E-state index in [0.29, 0.717) is 31.9 Å². The fraction of sp³-hybridized carbons (Fsp3) is 0.500. The highest BCUT2D eigenvalue weighted by molar-refractivity contribution is 6.05. The zero-order chi connectivity index (χ0) is 20.8. The molecule has 1 aliphatic heterocycles. The van der Waals surface area contributed by atoms with Crippen molar-refractivity contribution in [2.75, 3.05) is 31.2 Å². The number of rotatable bonds is 4. The van der Waals surface area contributed by atoms with Crippen LogP contribution in [0, 0.1) is 6.92 Å². The van der Waals surface area contributed by atoms with Crippen molar-refractivity contribution in [1.29, 1.82) is 0 Å². The summed E-state index contributed by atoms with van der Waals surface area (Å²) in [7, 11) is 3.74. The summed E-state index contributed by atoms with van der Waals surface area (Å²) in [6.07, 6.45) is 5.38. The summed E-state index contributed by atoms with van der Waals surface area (Å²) >= 11 is 0. The second kappa shape index (κ2) is 7.14. The predicted molar refractivity (Wildman–Crippen MR) is 108 cm³/mol. The average Bonchev–Trinajstić information content (AvgIpc) is 3.25. The van der Waals surface area contributed by atoms with Crippen LogP contribution in [-0.4, -0.2) is 56.8 Å². The molecule has 0 spiro atoms. The van der Waals surface area contributed by atoms with Gasteiger partial charge in [-0.3, -0.25) is 9.36 Å². The highest BCUT2D eigenvalue weighted by Gasteiger charge is 2.37. The second-order valence-electron chi connectivity index (χ2n) is 7.55. The maximum atomic E-state index is 12.7. The van der Waals surface area contributed by atoms with Gasteiger partial charge in [0.05, 0.1) is 42.7 Å². The van der Waals surface area contributed by atoms with E-state index in [-0.39, 0.29) is 5.97 Å². The van der Waals surface area contributed by atoms with Gasteiger partial charge in [0.25, 0.3) is 0 Å². The predicted octanol–water partition coefficient (Wildman–Crippen LogP) is 1.94. The largest absolute Gasteiger partial charge is 0.462 e. The summed E-state index contributed by atoms with van der Waals surface area (Å²) in [4.78, 5) is 19.4. The normalized spacial score (nSPS) is 19.7. The molecule has 9 heteroatoms. The SMILES string of the molecule is CCOC(=O)c1cnc2c(c(C)nn2C)c1N1CCOC(C)(c2cnn(C)c2)C1. The highest BCUT2D eigenvalue weighted by atomic mass is 16.5. The van der Waals surface area contributed by atoms with Crippen LogP contribution >= 0.6 is 0 Å². The highest BCUT2D eigenvalue weighted by Crippen LogP contribution is 2.37. The van der Waals surface area contributed by atoms with Crippen LogP contribution in [0.5, 0.6) is 0 Å². The quantitative estimate of drug-likeness (QED) is 0.621. The number of aromatic nitrogens is 5. The molecule has 0 aromatic carbocycles. The molecule has 154 valence electrons. The molecule has 4 heterocycles. The average molecular weight is 398 g/mol. The molecule has 0 N–H and O–H groups in total. The van der Waals surface area contributed by atoms with Crippen LogP contribution in [-0.2, 0) is 29.2 Å². The zero-order valence-electron chi connectivity index (χ0n) is 17.5. The standard InChI is InChI=1S/C20H26N6O3/c1-6-28-19(27)15-10-21-18-16(13(2)23-25(18)5)17(15)26-7-8-29-20(3,12-26)14-9-22-24(4)11-14/h9-11H,6-8,12H2,1-5H3. The van der Waals surface area contributed by atoms with Crippen molar-refractivity contribution >= 4 is 22.7 Å². The smallest absolute Gasteiger partial charge is 0.341 e. The van der Waals surface area contributed by atoms with Crippen LogP contribution in [0.25, 0.3) is 11.0 Å². The molecule has 1 saturated heterocycles. The van der Waals surface area contributed by atoms with E-state index in [4.69, 9.17) is 9.47 Å². The summed E-state index contributed by atoms with van der Waals surface area (Å²) in [5, 5.41) is 9.68. The summed E-state index contributed by atoms with van der Waals surface area (Å²) in [6, 6.07) is 0. The number of aryl methyl sites for hydroxylation is 3. The van der Waals surface area contributed by atoms with Gasteiger partial charge in [0.1, 0.15) is 11.2 Å². The van der Waals surface area contributed by atoms with Gasteiger partial charge >= 0.3 is 5.97 Å². The molecule has 3 aromatic rings. The summed E-state index contributed by atoms with van der Waals surface area (Å²) in [6.45, 7) is 7.83. The zero-order valence-corrected chi connectivity index (χ0v) is 17.5. The molecule has 0 aliphatic carbocycles. The molecule has 4 rings (SSSR count). The molecular weight excluding hydrogens is 372 g/mol. The third-order valence-corrected chi connectivity index (χ3v) is 5.40. The number of morpholine rings is 1. The van der Waals surface area contributed by atoms with E-state index in [1.165, 1.54) is 0 Å². The summed E-state index contributed by atoms with van der Waals surface area (Å²) in [5.74, 6) is -0.380. The molecule has 0 saturated carbocycles. The van der Waals surface area contributed by atoms with E-state index < -0.39 is 5.60 Å². The summed E-state index contributed by atoms with van der Waals surface area (Å²) < 4.78 is 15.0. The third-order valence-electron chi connectivity index (χ3n) is 5.40. The molecule has 9 nitrogen and oxygen atoms in total. The maximum absolute atomic E-state index is 12.7. The van der Waals surface area contributed by atoms with Crippen molar-refractivity contribution in [2.45, 2.75) is 26.4 Å². The van der Waals surface area contributed by atoms with Crippen LogP contribution < -0.4 is 4.90 Å². The lowest BCUT2D eigenvalue weighted by atomic mass is 9.96. The fourth-order valence-corrected chi connectivity index (χ4v) is 4.01. The lowest BCUT2D eigenvalue weighted by Gasteiger charge is -2.41. The molecule has 0 radical (unpaired) electrons. The van der Waals surface area contributed by atoms with Gasteiger partial charge in [0.2, 0.25) is 0 Å². The van der Waals surface area contributed by atoms with E-state index in [2.05, 4.69) is 27.0 Å². The molecule has 1 aliphatic rings. The molecule has 1 unspecified atom stereocenters. The van der Waals surface area contributed by atoms with E-state index in [1.807, 2.05) is 33.4 Å². The van der Waals surface area contributed by atoms with Gasteiger partial charge in [0.15, 0.2) is 5.65 Å². The second-order valence-corrected chi connectivity index (χ2v) is 7.55. The number of anilines is 1. The van der Waals surface area contributed by atoms with Crippen LogP contribution in [0.3, 0.4) is 0 Å². The summed E-state index contributed by atoms with van der Waals surface area (Å²) in [5.41, 5.74) is 3.26. The molecule has 0 amide bonds. The molecule has 0 bridgehead atoms. The lowest BCUT2D eigenvalue weighted by molar-refractivity contribution is -0.0466. The molecular formula is C20H26N6O3. The molecule has 1 fully saturated rings. The van der Waals surface area contributed by atoms with Gasteiger partial charge in [-0.05, 0) is 20.8 Å². The number of hydrogen-bond acceptors (Lipinski definition) is 7. The topological polar surface area (TPSA) is 87.3 Å².